The summed E-state index contributed by atoms with van der Waals surface area (Å²) in [5, 5.41) is 16.1. The molecule has 7 nitrogen and oxygen atoms in total. The second-order valence-electron chi connectivity index (χ2n) is 4.68. The van der Waals surface area contributed by atoms with Crippen LogP contribution in [0, 0.1) is 10.1 Å². The fourth-order valence-corrected chi connectivity index (χ4v) is 2.81. The molecule has 130 valence electrons. The van der Waals surface area contributed by atoms with Gasteiger partial charge in [0.05, 0.1) is 16.5 Å². The van der Waals surface area contributed by atoms with E-state index in [4.69, 9.17) is 28.6 Å². The molecule has 2 N–H and O–H groups in total. The third kappa shape index (κ3) is 4.88. The third-order valence-electron chi connectivity index (χ3n) is 3.04. The summed E-state index contributed by atoms with van der Waals surface area (Å²) in [7, 11) is 1.52. The summed E-state index contributed by atoms with van der Waals surface area (Å²) < 4.78 is 5.72. The fourth-order valence-electron chi connectivity index (χ4n) is 1.88. The van der Waals surface area contributed by atoms with Gasteiger partial charge in [0.1, 0.15) is 10.8 Å². The number of halogens is 2. The van der Waals surface area contributed by atoms with E-state index in [0.29, 0.717) is 21.5 Å². The lowest BCUT2D eigenvalue weighted by atomic mass is 10.2. The topological polar surface area (TPSA) is 93.5 Å². The van der Waals surface area contributed by atoms with Gasteiger partial charge in [-0.05, 0) is 58.5 Å². The van der Waals surface area contributed by atoms with E-state index >= 15 is 0 Å². The zero-order chi connectivity index (χ0) is 18.6. The van der Waals surface area contributed by atoms with Crippen molar-refractivity contribution in [1.82, 2.24) is 5.32 Å². The summed E-state index contributed by atoms with van der Waals surface area (Å²) in [6.45, 7) is 0. The Morgan fingerprint density at radius 1 is 1.32 bits per heavy atom. The summed E-state index contributed by atoms with van der Waals surface area (Å²) in [6.07, 6.45) is 0. The number of benzene rings is 2. The zero-order valence-corrected chi connectivity index (χ0v) is 15.9. The number of nitro groups is 1. The number of nitrogens with zero attached hydrogens (tertiary/aromatic N) is 1. The molecule has 0 aromatic heterocycles. The van der Waals surface area contributed by atoms with Crippen molar-refractivity contribution in [1.29, 1.82) is 0 Å². The maximum absolute atomic E-state index is 12.2. The second kappa shape index (κ2) is 8.24. The summed E-state index contributed by atoms with van der Waals surface area (Å²) in [4.78, 5) is 22.5. The summed E-state index contributed by atoms with van der Waals surface area (Å²) in [5.41, 5.74) is 0.427. The minimum atomic E-state index is -0.607. The highest BCUT2D eigenvalue weighted by Gasteiger charge is 2.14. The first-order valence-corrected chi connectivity index (χ1v) is 8.29. The monoisotopic (exact) mass is 443 g/mol. The number of nitro benzene ring substituents is 1. The van der Waals surface area contributed by atoms with Crippen molar-refractivity contribution in [3.05, 3.63) is 61.6 Å². The molecule has 25 heavy (non-hydrogen) atoms. The number of ether oxygens (including phenoxy) is 1. The molecule has 10 heteroatoms. The van der Waals surface area contributed by atoms with Crippen LogP contribution in [0.2, 0.25) is 5.02 Å². The Morgan fingerprint density at radius 2 is 2.04 bits per heavy atom. The first kappa shape index (κ1) is 19.1. The second-order valence-corrected chi connectivity index (χ2v) is 6.35. The van der Waals surface area contributed by atoms with E-state index in [0.717, 1.165) is 0 Å². The highest BCUT2D eigenvalue weighted by atomic mass is 79.9. The minimum absolute atomic E-state index is 0.00596. The molecule has 0 heterocycles. The van der Waals surface area contributed by atoms with Gasteiger partial charge in [0.15, 0.2) is 5.11 Å². The quantitative estimate of drug-likeness (QED) is 0.418. The van der Waals surface area contributed by atoms with Gasteiger partial charge < -0.3 is 10.1 Å². The average molecular weight is 445 g/mol. The first-order valence-electron chi connectivity index (χ1n) is 6.71. The van der Waals surface area contributed by atoms with Gasteiger partial charge in [0.2, 0.25) is 0 Å². The van der Waals surface area contributed by atoms with Crippen LogP contribution in [0.25, 0.3) is 0 Å². The van der Waals surface area contributed by atoms with Gasteiger partial charge in [-0.2, -0.15) is 0 Å². The molecule has 1 amide bonds. The molecule has 0 atom stereocenters. The van der Waals surface area contributed by atoms with Gasteiger partial charge in [-0.3, -0.25) is 20.2 Å². The number of rotatable bonds is 4. The van der Waals surface area contributed by atoms with Crippen LogP contribution >= 0.6 is 39.7 Å². The highest BCUT2D eigenvalue weighted by Crippen LogP contribution is 2.27. The molecule has 2 aromatic carbocycles. The van der Waals surface area contributed by atoms with Crippen molar-refractivity contribution in [2.45, 2.75) is 0 Å². The van der Waals surface area contributed by atoms with E-state index < -0.39 is 10.8 Å². The van der Waals surface area contributed by atoms with E-state index in [1.807, 2.05) is 0 Å². The number of hydrogen-bond donors (Lipinski definition) is 2. The Kier molecular flexibility index (Phi) is 6.29. The molecule has 0 aliphatic heterocycles. The number of carbonyl (C=O) groups excluding carboxylic acids is 1. The van der Waals surface area contributed by atoms with E-state index in [-0.39, 0.29) is 15.8 Å². The summed E-state index contributed by atoms with van der Waals surface area (Å²) >= 11 is 14.1. The lowest BCUT2D eigenvalue weighted by molar-refractivity contribution is -0.384. The van der Waals surface area contributed by atoms with Gasteiger partial charge >= 0.3 is 0 Å². The Hall–Kier alpha value is -2.23. The Labute approximate surface area is 161 Å². The normalized spacial score (nSPS) is 10.0. The van der Waals surface area contributed by atoms with Crippen LogP contribution in [0.1, 0.15) is 10.4 Å². The zero-order valence-electron chi connectivity index (χ0n) is 12.7. The Balaban J connectivity index is 2.07. The van der Waals surface area contributed by atoms with Crippen LogP contribution in [0.3, 0.4) is 0 Å². The number of thiocarbonyl (C=S) groups is 1. The van der Waals surface area contributed by atoms with Crippen LogP contribution in [-0.4, -0.2) is 23.1 Å². The number of amides is 1. The number of anilines is 1. The standard InChI is InChI=1S/C15H11BrClN3O4S/c1-24-13-5-2-8(6-10(13)16)14(21)19-15(25)18-9-3-4-11(17)12(7-9)20(22)23/h2-7H,1H3,(H2,18,19,21,25). The van der Waals surface area contributed by atoms with Gasteiger partial charge in [0.25, 0.3) is 11.6 Å². The van der Waals surface area contributed by atoms with E-state index in [1.165, 1.54) is 25.3 Å². The molecule has 0 saturated carbocycles. The SMILES string of the molecule is COc1ccc(C(=O)NC(=S)Nc2ccc(Cl)c([N+](=O)[O-])c2)cc1Br. The summed E-state index contributed by atoms with van der Waals surface area (Å²) in [6, 6.07) is 8.91. The molecule has 0 aliphatic carbocycles. The smallest absolute Gasteiger partial charge is 0.289 e. The van der Waals surface area contributed by atoms with E-state index in [2.05, 4.69) is 26.6 Å². The van der Waals surface area contributed by atoms with Crippen molar-refractivity contribution in [2.24, 2.45) is 0 Å². The van der Waals surface area contributed by atoms with Crippen molar-refractivity contribution in [3.63, 3.8) is 0 Å². The van der Waals surface area contributed by atoms with E-state index in [9.17, 15) is 14.9 Å². The van der Waals surface area contributed by atoms with Crippen molar-refractivity contribution in [3.8, 4) is 5.75 Å². The van der Waals surface area contributed by atoms with Crippen molar-refractivity contribution < 1.29 is 14.5 Å². The molecule has 0 bridgehead atoms. The predicted octanol–water partition coefficient (Wildman–Crippen LogP) is 4.15. The highest BCUT2D eigenvalue weighted by molar-refractivity contribution is 9.10. The maximum Gasteiger partial charge on any atom is 0.289 e. The van der Waals surface area contributed by atoms with Crippen LogP contribution in [-0.2, 0) is 0 Å². The number of nitrogens with one attached hydrogen (secondary N) is 2. The van der Waals surface area contributed by atoms with Crippen LogP contribution in [0.4, 0.5) is 11.4 Å². The van der Waals surface area contributed by atoms with E-state index in [1.54, 1.807) is 18.2 Å². The fraction of sp³-hybridized carbons (Fsp3) is 0.0667. The molecule has 0 fully saturated rings. The lowest BCUT2D eigenvalue weighted by Crippen LogP contribution is -2.34. The van der Waals surface area contributed by atoms with Crippen LogP contribution in [0.15, 0.2) is 40.9 Å². The van der Waals surface area contributed by atoms with Crippen molar-refractivity contribution >= 4 is 62.1 Å². The Morgan fingerprint density at radius 3 is 2.64 bits per heavy atom. The Bertz CT molecular complexity index is 863. The van der Waals surface area contributed by atoms with Crippen LogP contribution in [0.5, 0.6) is 5.75 Å². The minimum Gasteiger partial charge on any atom is -0.496 e. The number of hydrogen-bond acceptors (Lipinski definition) is 5. The molecular formula is C15H11BrClN3O4S. The van der Waals surface area contributed by atoms with Gasteiger partial charge in [0, 0.05) is 17.3 Å². The molecule has 0 aliphatic rings. The van der Waals surface area contributed by atoms with Gasteiger partial charge in [-0.15, -0.1) is 0 Å². The lowest BCUT2D eigenvalue weighted by Gasteiger charge is -2.11. The molecule has 0 spiro atoms. The molecule has 0 unspecified atom stereocenters. The molecule has 0 radical (unpaired) electrons. The average Bonchev–Trinajstić information content (AvgIpc) is 2.56. The van der Waals surface area contributed by atoms with Crippen LogP contribution < -0.4 is 15.4 Å². The van der Waals surface area contributed by atoms with Gasteiger partial charge in [-0.25, -0.2) is 0 Å². The number of carbonyl (C=O) groups is 1. The number of methoxy groups -OCH3 is 1. The largest absolute Gasteiger partial charge is 0.496 e. The van der Waals surface area contributed by atoms with Crippen molar-refractivity contribution in [2.75, 3.05) is 12.4 Å². The first-order chi connectivity index (χ1) is 11.8. The summed E-state index contributed by atoms with van der Waals surface area (Å²) in [5.74, 6) is 0.148. The molecule has 0 saturated heterocycles. The molecule has 2 aromatic rings. The third-order valence-corrected chi connectivity index (χ3v) is 4.19. The predicted molar refractivity (Wildman–Crippen MR) is 102 cm³/mol. The van der Waals surface area contributed by atoms with Gasteiger partial charge in [-0.1, -0.05) is 11.6 Å². The molecule has 2 rings (SSSR count). The maximum atomic E-state index is 12.2. The molecular weight excluding hydrogens is 434 g/mol.